The van der Waals surface area contributed by atoms with Gasteiger partial charge in [-0.3, -0.25) is 4.99 Å². The van der Waals surface area contributed by atoms with Crippen LogP contribution < -0.4 is 0 Å². The molecular weight excluding hydrogens is 242 g/mol. The van der Waals surface area contributed by atoms with Gasteiger partial charge >= 0.3 is 0 Å². The van der Waals surface area contributed by atoms with E-state index in [1.807, 2.05) is 19.1 Å². The van der Waals surface area contributed by atoms with E-state index in [1.165, 1.54) is 11.1 Å². The summed E-state index contributed by atoms with van der Waals surface area (Å²) in [7, 11) is 1.76. The number of allylic oxidation sites excluding steroid dienone is 4. The third-order valence-electron chi connectivity index (χ3n) is 3.04. The van der Waals surface area contributed by atoms with Crippen LogP contribution in [0.25, 0.3) is 11.1 Å². The number of rotatable bonds is 3. The second-order valence-electron chi connectivity index (χ2n) is 4.38. The van der Waals surface area contributed by atoms with E-state index in [0.717, 1.165) is 21.7 Å². The maximum absolute atomic E-state index is 6.38. The molecule has 0 N–H and O–H groups in total. The summed E-state index contributed by atoms with van der Waals surface area (Å²) in [5.41, 5.74) is 5.86. The Morgan fingerprint density at radius 3 is 2.39 bits per heavy atom. The van der Waals surface area contributed by atoms with Crippen molar-refractivity contribution in [3.05, 3.63) is 46.0 Å². The lowest BCUT2D eigenvalue weighted by atomic mass is 9.96. The first kappa shape index (κ1) is 14.7. The Kier molecular flexibility index (Phi) is 5.36. The van der Waals surface area contributed by atoms with Crippen molar-refractivity contribution < 1.29 is 0 Å². The molecule has 96 valence electrons. The fraction of sp³-hybridized carbons (Fsp3) is 0.312. The molecule has 1 nitrogen and oxygen atoms in total. The Bertz CT molecular complexity index is 499. The Hall–Kier alpha value is -1.34. The van der Waals surface area contributed by atoms with Crippen LogP contribution in [0.3, 0.4) is 0 Å². The van der Waals surface area contributed by atoms with E-state index >= 15 is 0 Å². The zero-order valence-corrected chi connectivity index (χ0v) is 12.5. The van der Waals surface area contributed by atoms with Crippen molar-refractivity contribution in [1.82, 2.24) is 0 Å². The molecule has 2 heteroatoms. The SMILES string of the molecule is C/C=C(/C)c1c(C)cc(/C(C)=C/C=NC)cc1Cl. The molecule has 0 aliphatic heterocycles. The molecular formula is C16H20ClN. The Morgan fingerprint density at radius 1 is 1.22 bits per heavy atom. The first-order valence-electron chi connectivity index (χ1n) is 6.04. The van der Waals surface area contributed by atoms with Gasteiger partial charge in [0.2, 0.25) is 0 Å². The maximum atomic E-state index is 6.38. The van der Waals surface area contributed by atoms with Gasteiger partial charge < -0.3 is 0 Å². The second kappa shape index (κ2) is 6.55. The normalized spacial score (nSPS) is 13.4. The van der Waals surface area contributed by atoms with E-state index in [2.05, 4.69) is 37.9 Å². The molecule has 1 aromatic rings. The van der Waals surface area contributed by atoms with Crippen molar-refractivity contribution in [3.63, 3.8) is 0 Å². The average molecular weight is 262 g/mol. The highest BCUT2D eigenvalue weighted by Gasteiger charge is 2.08. The fourth-order valence-electron chi connectivity index (χ4n) is 1.90. The Labute approximate surface area is 115 Å². The predicted octanol–water partition coefficient (Wildman–Crippen LogP) is 5.18. The average Bonchev–Trinajstić information content (AvgIpc) is 2.34. The minimum atomic E-state index is 0.807. The van der Waals surface area contributed by atoms with Crippen molar-refractivity contribution in [2.45, 2.75) is 27.7 Å². The van der Waals surface area contributed by atoms with Gasteiger partial charge in [0, 0.05) is 18.3 Å². The number of aliphatic imine (C=N–C) groups is 1. The highest BCUT2D eigenvalue weighted by atomic mass is 35.5. The molecule has 0 fully saturated rings. The third-order valence-corrected chi connectivity index (χ3v) is 3.34. The lowest BCUT2D eigenvalue weighted by Crippen LogP contribution is -1.91. The van der Waals surface area contributed by atoms with Gasteiger partial charge in [-0.05, 0) is 67.7 Å². The molecule has 0 radical (unpaired) electrons. The quantitative estimate of drug-likeness (QED) is 0.665. The molecule has 0 bridgehead atoms. The van der Waals surface area contributed by atoms with E-state index in [0.29, 0.717) is 0 Å². The summed E-state index contributed by atoms with van der Waals surface area (Å²) in [5.74, 6) is 0. The standard InChI is InChI=1S/C16H20ClN/c1-6-11(2)16-13(4)9-14(10-15(16)17)12(3)7-8-18-5/h6-10H,1-5H3/b11-6-,12-7+,18-8?. The van der Waals surface area contributed by atoms with Gasteiger partial charge in [-0.1, -0.05) is 23.7 Å². The van der Waals surface area contributed by atoms with Gasteiger partial charge in [0.05, 0.1) is 0 Å². The number of aryl methyl sites for hydroxylation is 1. The molecule has 0 aromatic heterocycles. The van der Waals surface area contributed by atoms with Crippen LogP contribution in [0.5, 0.6) is 0 Å². The Balaban J connectivity index is 3.31. The molecule has 0 aliphatic carbocycles. The molecule has 0 saturated heterocycles. The van der Waals surface area contributed by atoms with Crippen molar-refractivity contribution >= 4 is 29.0 Å². The first-order valence-corrected chi connectivity index (χ1v) is 6.42. The molecule has 0 spiro atoms. The summed E-state index contributed by atoms with van der Waals surface area (Å²) >= 11 is 6.38. The molecule has 18 heavy (non-hydrogen) atoms. The van der Waals surface area contributed by atoms with Gasteiger partial charge in [0.25, 0.3) is 0 Å². The predicted molar refractivity (Wildman–Crippen MR) is 83.6 cm³/mol. The molecule has 0 saturated carbocycles. The number of hydrogen-bond donors (Lipinski definition) is 0. The molecule has 1 aromatic carbocycles. The van der Waals surface area contributed by atoms with Gasteiger partial charge in [0.15, 0.2) is 0 Å². The van der Waals surface area contributed by atoms with E-state index in [4.69, 9.17) is 11.6 Å². The van der Waals surface area contributed by atoms with Gasteiger partial charge in [-0.25, -0.2) is 0 Å². The van der Waals surface area contributed by atoms with Crippen LogP contribution in [0.2, 0.25) is 5.02 Å². The lowest BCUT2D eigenvalue weighted by molar-refractivity contribution is 1.38. The topological polar surface area (TPSA) is 12.4 Å². The maximum Gasteiger partial charge on any atom is 0.0489 e. The molecule has 0 atom stereocenters. The number of halogens is 1. The summed E-state index contributed by atoms with van der Waals surface area (Å²) in [4.78, 5) is 3.96. The minimum Gasteiger partial charge on any atom is -0.297 e. The highest BCUT2D eigenvalue weighted by molar-refractivity contribution is 6.32. The molecule has 0 aliphatic rings. The Morgan fingerprint density at radius 2 is 1.89 bits per heavy atom. The van der Waals surface area contributed by atoms with Crippen LogP contribution in [-0.2, 0) is 0 Å². The largest absolute Gasteiger partial charge is 0.297 e. The second-order valence-corrected chi connectivity index (χ2v) is 4.79. The number of nitrogens with zero attached hydrogens (tertiary/aromatic N) is 1. The smallest absolute Gasteiger partial charge is 0.0489 e. The summed E-state index contributed by atoms with van der Waals surface area (Å²) in [6.07, 6.45) is 5.87. The monoisotopic (exact) mass is 261 g/mol. The lowest BCUT2D eigenvalue weighted by Gasteiger charge is -2.12. The van der Waals surface area contributed by atoms with Crippen molar-refractivity contribution in [2.75, 3.05) is 7.05 Å². The molecule has 0 amide bonds. The first-order chi connectivity index (χ1) is 8.51. The molecule has 1 rings (SSSR count). The van der Waals surface area contributed by atoms with Gasteiger partial charge in [0.1, 0.15) is 0 Å². The fourth-order valence-corrected chi connectivity index (χ4v) is 2.31. The van der Waals surface area contributed by atoms with Crippen molar-refractivity contribution in [2.24, 2.45) is 4.99 Å². The van der Waals surface area contributed by atoms with Crippen LogP contribution in [0.15, 0.2) is 29.3 Å². The summed E-state index contributed by atoms with van der Waals surface area (Å²) < 4.78 is 0. The van der Waals surface area contributed by atoms with Crippen LogP contribution >= 0.6 is 11.6 Å². The zero-order valence-electron chi connectivity index (χ0n) is 11.7. The van der Waals surface area contributed by atoms with Crippen LogP contribution in [0.1, 0.15) is 37.5 Å². The zero-order chi connectivity index (χ0) is 13.7. The van der Waals surface area contributed by atoms with E-state index in [1.54, 1.807) is 13.3 Å². The van der Waals surface area contributed by atoms with E-state index < -0.39 is 0 Å². The van der Waals surface area contributed by atoms with Crippen LogP contribution in [-0.4, -0.2) is 13.3 Å². The van der Waals surface area contributed by atoms with Crippen molar-refractivity contribution in [1.29, 1.82) is 0 Å². The van der Waals surface area contributed by atoms with E-state index in [9.17, 15) is 0 Å². The molecule has 0 unspecified atom stereocenters. The summed E-state index contributed by atoms with van der Waals surface area (Å²) in [6, 6.07) is 4.19. The highest BCUT2D eigenvalue weighted by Crippen LogP contribution is 2.30. The molecule has 0 heterocycles. The van der Waals surface area contributed by atoms with E-state index in [-0.39, 0.29) is 0 Å². The minimum absolute atomic E-state index is 0.807. The number of hydrogen-bond acceptors (Lipinski definition) is 1. The van der Waals surface area contributed by atoms with Gasteiger partial charge in [-0.2, -0.15) is 0 Å². The third kappa shape index (κ3) is 3.33. The number of benzene rings is 1. The van der Waals surface area contributed by atoms with Crippen molar-refractivity contribution in [3.8, 4) is 0 Å². The van der Waals surface area contributed by atoms with Crippen LogP contribution in [0, 0.1) is 6.92 Å². The van der Waals surface area contributed by atoms with Gasteiger partial charge in [-0.15, -0.1) is 0 Å². The summed E-state index contributed by atoms with van der Waals surface area (Å²) in [5, 5.41) is 0.807. The summed E-state index contributed by atoms with van der Waals surface area (Å²) in [6.45, 7) is 8.27. The van der Waals surface area contributed by atoms with Crippen LogP contribution in [0.4, 0.5) is 0 Å².